The largest absolute Gasteiger partial charge is 1.00 e. The fraction of sp³-hybridized carbons (Fsp3) is 0.355. The number of benzene rings is 2. The molecule has 2 fully saturated rings. The van der Waals surface area contributed by atoms with Crippen LogP contribution in [0.15, 0.2) is 55.0 Å². The molecule has 0 radical (unpaired) electrons. The number of piperidine rings is 1. The van der Waals surface area contributed by atoms with Crippen molar-refractivity contribution >= 4 is 28.6 Å². The number of ketones is 1. The van der Waals surface area contributed by atoms with E-state index in [4.69, 9.17) is 9.47 Å². The maximum atomic E-state index is 13.7. The Morgan fingerprint density at radius 2 is 1.90 bits per heavy atom. The van der Waals surface area contributed by atoms with E-state index in [1.165, 1.54) is 0 Å². The molecule has 4 heterocycles. The third kappa shape index (κ3) is 5.23. The van der Waals surface area contributed by atoms with Crippen molar-refractivity contribution in [1.82, 2.24) is 19.2 Å². The van der Waals surface area contributed by atoms with Crippen molar-refractivity contribution in [2.24, 2.45) is 7.05 Å². The summed E-state index contributed by atoms with van der Waals surface area (Å²) >= 11 is 0. The molecule has 2 aliphatic heterocycles. The number of carbonyl (C=O) groups excluding carboxylic acids is 3. The van der Waals surface area contributed by atoms with Crippen LogP contribution in [0.3, 0.4) is 0 Å². The Hall–Kier alpha value is -3.60. The number of amides is 1. The molecule has 7 rings (SSSR count). The van der Waals surface area contributed by atoms with Gasteiger partial charge in [0.15, 0.2) is 5.78 Å². The average Bonchev–Trinajstić information content (AvgIpc) is 3.56. The van der Waals surface area contributed by atoms with Crippen LogP contribution < -0.4 is 44.1 Å². The molecule has 4 aromatic rings. The predicted octanol–water partition coefficient (Wildman–Crippen LogP) is 0.150. The summed E-state index contributed by atoms with van der Waals surface area (Å²) in [6.45, 7) is 0.280. The van der Waals surface area contributed by atoms with Crippen LogP contribution in [0.5, 0.6) is 11.5 Å². The van der Waals surface area contributed by atoms with Gasteiger partial charge < -0.3 is 28.8 Å². The average molecular weight is 577 g/mol. The van der Waals surface area contributed by atoms with Crippen LogP contribution in [0.2, 0.25) is 0 Å². The second kappa shape index (κ2) is 10.9. The second-order valence-electron chi connectivity index (χ2n) is 11.3. The summed E-state index contributed by atoms with van der Waals surface area (Å²) in [5, 5.41) is 16.1. The van der Waals surface area contributed by atoms with Gasteiger partial charge in [-0.25, -0.2) is 0 Å². The number of aliphatic carboxylic acids is 1. The SMILES string of the molecule is Cn1cc(-c2ccc3c(c2)C(=O)CC2(CCN(C(=O)c4cc(OCC(=O)[O-])c5ccn(C6CC6)c5c4)CC2)O3)cn1.[Na+]. The Balaban J connectivity index is 0.00000316. The van der Waals surface area contributed by atoms with Gasteiger partial charge in [-0.2, -0.15) is 5.10 Å². The van der Waals surface area contributed by atoms with Gasteiger partial charge in [0.1, 0.15) is 23.7 Å². The summed E-state index contributed by atoms with van der Waals surface area (Å²) in [5.41, 5.74) is 3.07. The third-order valence-corrected chi connectivity index (χ3v) is 8.42. The Bertz CT molecular complexity index is 1710. The van der Waals surface area contributed by atoms with Crippen LogP contribution in [0.4, 0.5) is 0 Å². The van der Waals surface area contributed by atoms with Gasteiger partial charge in [0, 0.05) is 67.9 Å². The van der Waals surface area contributed by atoms with Gasteiger partial charge in [-0.15, -0.1) is 0 Å². The second-order valence-corrected chi connectivity index (χ2v) is 11.3. The topological polar surface area (TPSA) is 119 Å². The van der Waals surface area contributed by atoms with Gasteiger partial charge >= 0.3 is 29.6 Å². The zero-order chi connectivity index (χ0) is 28.3. The van der Waals surface area contributed by atoms with Crippen LogP contribution in [0, 0.1) is 0 Å². The van der Waals surface area contributed by atoms with Gasteiger partial charge in [-0.05, 0) is 48.7 Å². The van der Waals surface area contributed by atoms with E-state index >= 15 is 0 Å². The number of hydrogen-bond acceptors (Lipinski definition) is 7. The van der Waals surface area contributed by atoms with Crippen LogP contribution in [0.25, 0.3) is 22.0 Å². The predicted molar refractivity (Wildman–Crippen MR) is 147 cm³/mol. The normalized spacial score (nSPS) is 17.5. The summed E-state index contributed by atoms with van der Waals surface area (Å²) in [6, 6.07) is 11.4. The monoisotopic (exact) mass is 576 g/mol. The molecule has 11 heteroatoms. The summed E-state index contributed by atoms with van der Waals surface area (Å²) in [5.74, 6) is -0.513. The molecule has 1 spiro atoms. The molecule has 0 bridgehead atoms. The summed E-state index contributed by atoms with van der Waals surface area (Å²) in [7, 11) is 1.85. The number of carboxylic acids is 1. The third-order valence-electron chi connectivity index (χ3n) is 8.42. The van der Waals surface area contributed by atoms with Gasteiger partial charge in [0.25, 0.3) is 5.91 Å². The molecule has 1 saturated heterocycles. The molecular formula is C31H29N4NaO6. The van der Waals surface area contributed by atoms with E-state index in [1.807, 2.05) is 49.8 Å². The van der Waals surface area contributed by atoms with E-state index < -0.39 is 18.2 Å². The Labute approximate surface area is 264 Å². The summed E-state index contributed by atoms with van der Waals surface area (Å²) in [4.78, 5) is 39.8. The van der Waals surface area contributed by atoms with E-state index in [0.29, 0.717) is 54.6 Å². The van der Waals surface area contributed by atoms with Crippen molar-refractivity contribution in [3.8, 4) is 22.6 Å². The number of rotatable bonds is 6. The van der Waals surface area contributed by atoms with E-state index in [1.54, 1.807) is 21.8 Å². The number of aromatic nitrogens is 3. The number of aryl methyl sites for hydroxylation is 1. The van der Waals surface area contributed by atoms with E-state index in [0.717, 1.165) is 34.9 Å². The van der Waals surface area contributed by atoms with E-state index in [-0.39, 0.29) is 47.7 Å². The zero-order valence-corrected chi connectivity index (χ0v) is 25.7. The van der Waals surface area contributed by atoms with Crippen LogP contribution >= 0.6 is 0 Å². The van der Waals surface area contributed by atoms with Crippen molar-refractivity contribution < 1.29 is 58.5 Å². The van der Waals surface area contributed by atoms with Gasteiger partial charge in [-0.3, -0.25) is 14.3 Å². The first kappa shape index (κ1) is 28.5. The van der Waals surface area contributed by atoms with Gasteiger partial charge in [-0.1, -0.05) is 6.07 Å². The van der Waals surface area contributed by atoms with Crippen molar-refractivity contribution in [1.29, 1.82) is 0 Å². The molecule has 0 N–H and O–H groups in total. The molecular weight excluding hydrogens is 547 g/mol. The molecule has 210 valence electrons. The number of carboxylic acid groups (broad SMARTS) is 1. The molecule has 42 heavy (non-hydrogen) atoms. The van der Waals surface area contributed by atoms with Crippen LogP contribution in [0.1, 0.15) is 58.9 Å². The molecule has 0 atom stereocenters. The van der Waals surface area contributed by atoms with Gasteiger partial charge in [0.2, 0.25) is 0 Å². The molecule has 3 aliphatic rings. The quantitative estimate of drug-likeness (QED) is 0.300. The first-order chi connectivity index (χ1) is 19.8. The minimum atomic E-state index is -1.32. The van der Waals surface area contributed by atoms with Gasteiger partial charge in [0.05, 0.1) is 29.7 Å². The van der Waals surface area contributed by atoms with Crippen molar-refractivity contribution in [3.63, 3.8) is 0 Å². The van der Waals surface area contributed by atoms with E-state index in [2.05, 4.69) is 9.67 Å². The zero-order valence-electron chi connectivity index (χ0n) is 23.7. The van der Waals surface area contributed by atoms with Crippen LogP contribution in [-0.2, 0) is 11.8 Å². The Kier molecular flexibility index (Phi) is 7.41. The molecule has 2 aromatic carbocycles. The number of carbonyl (C=O) groups is 3. The number of hydrogen-bond donors (Lipinski definition) is 0. The Morgan fingerprint density at radius 3 is 2.60 bits per heavy atom. The minimum absolute atomic E-state index is 0. The molecule has 2 aromatic heterocycles. The summed E-state index contributed by atoms with van der Waals surface area (Å²) in [6.07, 6.45) is 9.10. The maximum absolute atomic E-state index is 13.7. The Morgan fingerprint density at radius 1 is 1.12 bits per heavy atom. The smallest absolute Gasteiger partial charge is 0.546 e. The molecule has 1 saturated carbocycles. The molecule has 10 nitrogen and oxygen atoms in total. The fourth-order valence-electron chi connectivity index (χ4n) is 6.10. The first-order valence-electron chi connectivity index (χ1n) is 13.9. The molecule has 0 unspecified atom stereocenters. The first-order valence-corrected chi connectivity index (χ1v) is 13.9. The van der Waals surface area contributed by atoms with Crippen molar-refractivity contribution in [3.05, 3.63) is 66.1 Å². The number of nitrogens with zero attached hydrogens (tertiary/aromatic N) is 4. The standard InChI is InChI=1S/C31H30N4O6.Na/c1-33-17-21(16-32-33)19-2-5-27-24(12-19)26(36)15-31(41-27)7-10-34(11-8-31)30(39)20-13-25-23(6-9-35(25)22-3-4-22)28(14-20)40-18-29(37)38;/h2,5-6,9,12-14,16-17,22H,3-4,7-8,10-11,15,18H2,1H3,(H,37,38);/q;+1/p-1. The fourth-order valence-corrected chi connectivity index (χ4v) is 6.10. The maximum Gasteiger partial charge on any atom is 1.00 e. The number of ether oxygens (including phenoxy) is 2. The molecule has 1 aliphatic carbocycles. The van der Waals surface area contributed by atoms with Crippen molar-refractivity contribution in [2.45, 2.75) is 43.7 Å². The minimum Gasteiger partial charge on any atom is -0.546 e. The van der Waals surface area contributed by atoms with Crippen LogP contribution in [-0.4, -0.2) is 62.2 Å². The number of fused-ring (bicyclic) bond motifs is 2. The van der Waals surface area contributed by atoms with Crippen molar-refractivity contribution in [2.75, 3.05) is 19.7 Å². The number of likely N-dealkylation sites (tertiary alicyclic amines) is 1. The van der Waals surface area contributed by atoms with E-state index in [9.17, 15) is 19.5 Å². The molecule has 1 amide bonds. The summed E-state index contributed by atoms with van der Waals surface area (Å²) < 4.78 is 15.9. The number of Topliss-reactive ketones (excluding diaryl/α,β-unsaturated/α-hetero) is 1.